The maximum Gasteiger partial charge on any atom is 0.131 e. The molecule has 2 nitrogen and oxygen atoms in total. The maximum absolute atomic E-state index is 5.95. The summed E-state index contributed by atoms with van der Waals surface area (Å²) in [5.41, 5.74) is 0.945. The third-order valence-electron chi connectivity index (χ3n) is 1.89. The van der Waals surface area contributed by atoms with Gasteiger partial charge in [0.1, 0.15) is 9.49 Å². The Morgan fingerprint density at radius 3 is 2.81 bits per heavy atom. The molecule has 0 radical (unpaired) electrons. The van der Waals surface area contributed by atoms with Crippen molar-refractivity contribution >= 4 is 56.2 Å². The van der Waals surface area contributed by atoms with E-state index in [1.807, 2.05) is 12.1 Å². The number of hydrogen-bond acceptors (Lipinski definition) is 3. The molecule has 84 valence electrons. The van der Waals surface area contributed by atoms with Gasteiger partial charge in [0.25, 0.3) is 0 Å². The number of nitrogens with zero attached hydrogens (tertiary/aromatic N) is 1. The molecule has 1 N–H and O–H groups in total. The zero-order valence-electron chi connectivity index (χ0n) is 8.01. The quantitative estimate of drug-likeness (QED) is 0.812. The van der Waals surface area contributed by atoms with Crippen LogP contribution in [0.25, 0.3) is 0 Å². The van der Waals surface area contributed by atoms with E-state index in [9.17, 15) is 0 Å². The van der Waals surface area contributed by atoms with Gasteiger partial charge in [-0.05, 0) is 34.1 Å². The van der Waals surface area contributed by atoms with Gasteiger partial charge < -0.3 is 5.32 Å². The van der Waals surface area contributed by atoms with E-state index in [2.05, 4.69) is 26.2 Å². The molecule has 2 heterocycles. The topological polar surface area (TPSA) is 24.9 Å². The lowest BCUT2D eigenvalue weighted by atomic mass is 10.4. The first-order valence-corrected chi connectivity index (χ1v) is 6.81. The van der Waals surface area contributed by atoms with E-state index in [1.165, 1.54) is 0 Å². The molecule has 2 aromatic heterocycles. The van der Waals surface area contributed by atoms with Crippen molar-refractivity contribution in [1.82, 2.24) is 4.98 Å². The van der Waals surface area contributed by atoms with Crippen LogP contribution in [0.2, 0.25) is 9.49 Å². The van der Waals surface area contributed by atoms with Gasteiger partial charge in [-0.1, -0.05) is 23.2 Å². The molecule has 0 saturated carbocycles. The number of rotatable bonds is 3. The fourth-order valence-electron chi connectivity index (χ4n) is 1.18. The first-order chi connectivity index (χ1) is 7.65. The van der Waals surface area contributed by atoms with E-state index in [4.69, 9.17) is 23.2 Å². The van der Waals surface area contributed by atoms with Crippen LogP contribution in [0.1, 0.15) is 4.88 Å². The molecule has 2 rings (SSSR count). The number of halogens is 3. The van der Waals surface area contributed by atoms with Crippen molar-refractivity contribution < 1.29 is 0 Å². The Bertz CT molecular complexity index is 482. The Hall–Kier alpha value is -0.290. The molecule has 0 bridgehead atoms. The summed E-state index contributed by atoms with van der Waals surface area (Å²) in [6.07, 6.45) is 1.67. The van der Waals surface area contributed by atoms with Crippen molar-refractivity contribution in [3.63, 3.8) is 0 Å². The number of pyridine rings is 1. The molecule has 0 amide bonds. The molecular weight excluding hydrogens is 331 g/mol. The monoisotopic (exact) mass is 336 g/mol. The largest absolute Gasteiger partial charge is 0.380 e. The van der Waals surface area contributed by atoms with Crippen molar-refractivity contribution in [2.45, 2.75) is 6.54 Å². The van der Waals surface area contributed by atoms with Crippen molar-refractivity contribution in [1.29, 1.82) is 0 Å². The highest BCUT2D eigenvalue weighted by molar-refractivity contribution is 9.10. The minimum absolute atomic E-state index is 0.482. The molecule has 0 aromatic carbocycles. The summed E-state index contributed by atoms with van der Waals surface area (Å²) in [5, 5.41) is 3.73. The molecule has 0 aliphatic carbocycles. The van der Waals surface area contributed by atoms with Crippen molar-refractivity contribution in [2.24, 2.45) is 0 Å². The average molecular weight is 338 g/mol. The summed E-state index contributed by atoms with van der Waals surface area (Å²) < 4.78 is 1.70. The van der Waals surface area contributed by atoms with Gasteiger partial charge in [0.05, 0.1) is 0 Å². The molecule has 0 aliphatic rings. The molecule has 2 aromatic rings. The fraction of sp³-hybridized carbons (Fsp3) is 0.100. The highest BCUT2D eigenvalue weighted by Crippen LogP contribution is 2.32. The Balaban J connectivity index is 2.02. The van der Waals surface area contributed by atoms with Crippen LogP contribution in [0.5, 0.6) is 0 Å². The molecule has 0 spiro atoms. The van der Waals surface area contributed by atoms with Crippen LogP contribution < -0.4 is 5.32 Å². The summed E-state index contributed by atoms with van der Waals surface area (Å²) in [6, 6.07) is 5.66. The summed E-state index contributed by atoms with van der Waals surface area (Å²) >= 11 is 16.6. The van der Waals surface area contributed by atoms with Crippen molar-refractivity contribution in [3.8, 4) is 0 Å². The van der Waals surface area contributed by atoms with Crippen molar-refractivity contribution in [3.05, 3.63) is 43.2 Å². The highest BCUT2D eigenvalue weighted by atomic mass is 79.9. The second-order valence-corrected chi connectivity index (χ2v) is 6.04. The molecule has 0 fully saturated rings. The number of aromatic nitrogens is 1. The normalized spacial score (nSPS) is 10.4. The van der Waals surface area contributed by atoms with Crippen LogP contribution in [-0.4, -0.2) is 4.98 Å². The van der Waals surface area contributed by atoms with Crippen LogP contribution in [0.15, 0.2) is 28.9 Å². The molecule has 0 unspecified atom stereocenters. The average Bonchev–Trinajstić information content (AvgIpc) is 2.56. The predicted molar refractivity (Wildman–Crippen MR) is 73.6 cm³/mol. The lowest BCUT2D eigenvalue weighted by Crippen LogP contribution is -1.97. The minimum atomic E-state index is 0.482. The van der Waals surface area contributed by atoms with Crippen LogP contribution in [-0.2, 0) is 6.54 Å². The van der Waals surface area contributed by atoms with Crippen molar-refractivity contribution in [2.75, 3.05) is 5.32 Å². The predicted octanol–water partition coefficient (Wildman–Crippen LogP) is 4.82. The molecule has 0 aliphatic heterocycles. The fourth-order valence-corrected chi connectivity index (χ4v) is 3.08. The molecule has 0 saturated heterocycles. The van der Waals surface area contributed by atoms with E-state index in [0.717, 1.165) is 25.9 Å². The van der Waals surface area contributed by atoms with E-state index in [-0.39, 0.29) is 0 Å². The zero-order chi connectivity index (χ0) is 11.5. The lowest BCUT2D eigenvalue weighted by molar-refractivity contribution is 1.18. The maximum atomic E-state index is 5.95. The zero-order valence-corrected chi connectivity index (χ0v) is 11.9. The Kier molecular flexibility index (Phi) is 4.08. The summed E-state index contributed by atoms with van der Waals surface area (Å²) in [4.78, 5) is 5.07. The van der Waals surface area contributed by atoms with Gasteiger partial charge in [-0.15, -0.1) is 11.3 Å². The first-order valence-electron chi connectivity index (χ1n) is 4.44. The van der Waals surface area contributed by atoms with Gasteiger partial charge in [-0.3, -0.25) is 0 Å². The second-order valence-electron chi connectivity index (χ2n) is 3.06. The van der Waals surface area contributed by atoms with Crippen LogP contribution in [0, 0.1) is 0 Å². The number of nitrogens with one attached hydrogen (secondary N) is 1. The van der Waals surface area contributed by atoms with Crippen LogP contribution >= 0.6 is 50.5 Å². The highest BCUT2D eigenvalue weighted by Gasteiger charge is 2.04. The Labute approximate surface area is 116 Å². The number of hydrogen-bond donors (Lipinski definition) is 1. The molecule has 16 heavy (non-hydrogen) atoms. The van der Waals surface area contributed by atoms with Gasteiger partial charge in [-0.2, -0.15) is 0 Å². The molecule has 6 heteroatoms. The smallest absolute Gasteiger partial charge is 0.131 e. The number of anilines is 1. The van der Waals surface area contributed by atoms with Gasteiger partial charge in [0.15, 0.2) is 0 Å². The third kappa shape index (κ3) is 3.10. The summed E-state index contributed by atoms with van der Waals surface area (Å²) in [5.74, 6) is 0. The lowest BCUT2D eigenvalue weighted by Gasteiger charge is -2.03. The van der Waals surface area contributed by atoms with Gasteiger partial charge >= 0.3 is 0 Å². The Morgan fingerprint density at radius 2 is 2.19 bits per heavy atom. The first kappa shape index (κ1) is 12.2. The van der Waals surface area contributed by atoms with E-state index in [0.29, 0.717) is 5.15 Å². The minimum Gasteiger partial charge on any atom is -0.380 e. The standard InChI is InChI=1S/C10H7BrCl2N2S/c11-8-4-7(16-10(8)13)5-15-6-1-2-14-9(12)3-6/h1-4H,5H2,(H,14,15). The summed E-state index contributed by atoms with van der Waals surface area (Å²) in [7, 11) is 0. The third-order valence-corrected chi connectivity index (χ3v) is 4.57. The van der Waals surface area contributed by atoms with Crippen LogP contribution in [0.3, 0.4) is 0 Å². The number of thiophene rings is 1. The Morgan fingerprint density at radius 1 is 1.38 bits per heavy atom. The summed E-state index contributed by atoms with van der Waals surface area (Å²) in [6.45, 7) is 0.719. The van der Waals surface area contributed by atoms with Gasteiger partial charge in [-0.25, -0.2) is 4.98 Å². The molecule has 0 atom stereocenters. The second kappa shape index (κ2) is 5.36. The molecular formula is C10H7BrCl2N2S. The SMILES string of the molecule is Clc1cc(NCc2cc(Br)c(Cl)s2)ccn1. The van der Waals surface area contributed by atoms with Gasteiger partial charge in [0.2, 0.25) is 0 Å². The van der Waals surface area contributed by atoms with E-state index >= 15 is 0 Å². The van der Waals surface area contributed by atoms with E-state index in [1.54, 1.807) is 23.6 Å². The van der Waals surface area contributed by atoms with Crippen LogP contribution in [0.4, 0.5) is 5.69 Å². The van der Waals surface area contributed by atoms with E-state index < -0.39 is 0 Å². The van der Waals surface area contributed by atoms with Gasteiger partial charge in [0, 0.05) is 27.8 Å².